The molecule has 0 radical (unpaired) electrons. The highest BCUT2D eigenvalue weighted by Gasteiger charge is 2.78. The summed E-state index contributed by atoms with van der Waals surface area (Å²) in [5, 5.41) is 42.7. The van der Waals surface area contributed by atoms with Crippen LogP contribution in [0.4, 0.5) is 5.69 Å². The van der Waals surface area contributed by atoms with E-state index in [1.807, 2.05) is 12.1 Å². The first kappa shape index (κ1) is 73.7. The van der Waals surface area contributed by atoms with Crippen LogP contribution in [0.5, 0.6) is 0 Å². The molecule has 3 fully saturated rings. The third-order valence-electron chi connectivity index (χ3n) is 20.1. The van der Waals surface area contributed by atoms with Crippen LogP contribution in [0.1, 0.15) is 214 Å². The maximum Gasteiger partial charge on any atom is 0.350 e. The Balaban J connectivity index is 0.985. The molecule has 4 aromatic rings. The lowest BCUT2D eigenvalue weighted by atomic mass is 9.44. The Bertz CT molecular complexity index is 3370. The molecule has 2 amide bonds. The summed E-state index contributed by atoms with van der Waals surface area (Å²) in [7, 11) is 0. The third-order valence-corrected chi connectivity index (χ3v) is 20.1. The summed E-state index contributed by atoms with van der Waals surface area (Å²) in [4.78, 5) is 125. The number of hydrogen-bond donors (Lipinski definition) is 4. The number of aryl methyl sites for hydroxylation is 1. The predicted molar refractivity (Wildman–Crippen MR) is 353 cm³/mol. The number of hydrogen-bond acceptors (Lipinski definition) is 18. The maximum atomic E-state index is 15.9. The summed E-state index contributed by atoms with van der Waals surface area (Å²) in [6.45, 7) is 7.83. The number of carbonyl (C=O) groups is 9. The fourth-order valence-electron chi connectivity index (χ4n) is 14.8. The number of ketones is 1. The molecule has 2 bridgehead atoms. The molecule has 11 atom stereocenters. The van der Waals surface area contributed by atoms with E-state index in [4.69, 9.17) is 28.4 Å². The van der Waals surface area contributed by atoms with Crippen molar-refractivity contribution in [1.82, 2.24) is 5.32 Å². The first-order chi connectivity index (χ1) is 45.9. The number of ether oxygens (including phenoxy) is 6. The van der Waals surface area contributed by atoms with Gasteiger partial charge in [-0.25, -0.2) is 9.59 Å². The molecule has 0 aromatic heterocycles. The van der Waals surface area contributed by atoms with Crippen molar-refractivity contribution in [1.29, 1.82) is 0 Å². The Morgan fingerprint density at radius 2 is 1.20 bits per heavy atom. The van der Waals surface area contributed by atoms with Crippen molar-refractivity contribution >= 4 is 59.1 Å². The van der Waals surface area contributed by atoms with E-state index in [1.165, 1.54) is 96.6 Å². The molecule has 1 aliphatic heterocycles. The van der Waals surface area contributed by atoms with Gasteiger partial charge in [0, 0.05) is 55.7 Å². The Kier molecular flexibility index (Phi) is 25.9. The van der Waals surface area contributed by atoms with Crippen molar-refractivity contribution in [3.63, 3.8) is 0 Å². The summed E-state index contributed by atoms with van der Waals surface area (Å²) in [6, 6.07) is 30.1. The Labute approximate surface area is 562 Å². The number of anilines is 1. The van der Waals surface area contributed by atoms with Gasteiger partial charge in [0.25, 0.3) is 5.91 Å². The van der Waals surface area contributed by atoms with Crippen molar-refractivity contribution in [2.24, 2.45) is 16.7 Å². The normalized spacial score (nSPS) is 24.6. The molecule has 4 N–H and O–H groups in total. The molecule has 1 saturated heterocycles. The van der Waals surface area contributed by atoms with Crippen LogP contribution in [0.3, 0.4) is 0 Å². The molecule has 20 nitrogen and oxygen atoms in total. The van der Waals surface area contributed by atoms with Gasteiger partial charge >= 0.3 is 29.8 Å². The second kappa shape index (κ2) is 33.7. The highest BCUT2D eigenvalue weighted by Crippen LogP contribution is 2.64. The van der Waals surface area contributed by atoms with Gasteiger partial charge in [-0.05, 0) is 98.2 Å². The van der Waals surface area contributed by atoms with E-state index in [1.54, 1.807) is 105 Å². The smallest absolute Gasteiger partial charge is 0.350 e. The van der Waals surface area contributed by atoms with Gasteiger partial charge < -0.3 is 59.2 Å². The van der Waals surface area contributed by atoms with E-state index >= 15 is 9.59 Å². The average molecular weight is 1320 g/mol. The second-order valence-electron chi connectivity index (χ2n) is 27.1. The number of benzene rings is 4. The Hall–Kier alpha value is -8.07. The highest BCUT2D eigenvalue weighted by molar-refractivity contribution is 5.97. The van der Waals surface area contributed by atoms with Crippen molar-refractivity contribution in [2.45, 2.75) is 237 Å². The van der Waals surface area contributed by atoms with Crippen molar-refractivity contribution in [2.75, 3.05) is 11.9 Å². The summed E-state index contributed by atoms with van der Waals surface area (Å²) in [5.74, 6) is -9.73. The largest absolute Gasteiger partial charge is 0.550 e. The zero-order valence-electron chi connectivity index (χ0n) is 56.3. The zero-order valence-corrected chi connectivity index (χ0v) is 56.3. The van der Waals surface area contributed by atoms with E-state index in [9.17, 15) is 48.9 Å². The van der Waals surface area contributed by atoms with Gasteiger partial charge in [0.2, 0.25) is 12.0 Å². The second-order valence-corrected chi connectivity index (χ2v) is 27.1. The lowest BCUT2D eigenvalue weighted by molar-refractivity contribution is -0.346. The van der Waals surface area contributed by atoms with Gasteiger partial charge in [-0.2, -0.15) is 0 Å². The van der Waals surface area contributed by atoms with Crippen LogP contribution in [0.15, 0.2) is 126 Å². The fraction of sp³-hybridized carbons (Fsp3) is 0.539. The molecule has 2 saturated carbocycles. The van der Waals surface area contributed by atoms with Crippen LogP contribution in [0.25, 0.3) is 0 Å². The number of aliphatic hydroxyl groups excluding tert-OH is 1. The van der Waals surface area contributed by atoms with Gasteiger partial charge in [0.1, 0.15) is 30.0 Å². The lowest BCUT2D eigenvalue weighted by Gasteiger charge is -2.67. The molecule has 1 heterocycles. The van der Waals surface area contributed by atoms with E-state index in [0.29, 0.717) is 12.1 Å². The van der Waals surface area contributed by atoms with Gasteiger partial charge in [0.15, 0.2) is 17.5 Å². The number of carboxylic acids is 1. The fourth-order valence-corrected chi connectivity index (χ4v) is 14.8. The molecule has 518 valence electrons. The number of fused-ring (bicyclic) bond motifs is 5. The van der Waals surface area contributed by atoms with E-state index < -0.39 is 137 Å². The summed E-state index contributed by atoms with van der Waals surface area (Å²) >= 11 is 0. The number of carboxylic acid groups (broad SMARTS) is 1. The topological polar surface area (TPSA) is 297 Å². The lowest BCUT2D eigenvalue weighted by Crippen LogP contribution is -2.82. The first-order valence-corrected chi connectivity index (χ1v) is 34.2. The zero-order chi connectivity index (χ0) is 69.2. The monoisotopic (exact) mass is 1320 g/mol. The van der Waals surface area contributed by atoms with Crippen LogP contribution < -0.4 is 15.7 Å². The minimum absolute atomic E-state index is 0.0290. The van der Waals surface area contributed by atoms with Gasteiger partial charge in [-0.15, -0.1) is 0 Å². The van der Waals surface area contributed by atoms with Gasteiger partial charge in [-0.1, -0.05) is 183 Å². The average Bonchev–Trinajstić information content (AvgIpc) is 0.670. The van der Waals surface area contributed by atoms with Crippen LogP contribution >= 0.6 is 0 Å². The number of amides is 2. The molecular weight excluding hydrogens is 1230 g/mol. The standard InChI is InChI=1S/C76H96N2O18/c1-49-57(47-76(90)69(95-71(88)55-37-29-23-30-38-55)67-74(6,58(81)46-59-75(67,48-91-59)96-51(3)80)68(86)65(92-50(2)79)63(49)73(76,4)5)93-72(89)66(64(53-33-25-21-26-34-53)78-70(87)54-35-27-22-28-36-54)94-62(85)45-44-60(82)77-56-42-40-52(41-43-56)32-24-19-17-15-13-11-9-7-8-10-12-14-16-18-20-31-39-61(83)84/h21-23,25-30,33-38,40-43,57-59,64-67,69,81,90H,7-20,24,31-32,39,44-48H2,1-6H3,(H,77,82)(H,78,87)(H,83,84)/p-1/t57-,58-,59+,64-,65+,66+,67-,69-,74+,75-,76+/m0/s1. The number of nitrogens with one attached hydrogen (secondary N) is 2. The minimum atomic E-state index is -2.51. The Morgan fingerprint density at radius 3 is 1.73 bits per heavy atom. The van der Waals surface area contributed by atoms with E-state index in [-0.39, 0.29) is 53.7 Å². The molecule has 4 aliphatic rings. The van der Waals surface area contributed by atoms with Gasteiger partial charge in [0.05, 0.1) is 36.0 Å². The van der Waals surface area contributed by atoms with Crippen molar-refractivity contribution in [3.8, 4) is 0 Å². The minimum Gasteiger partial charge on any atom is -0.550 e. The molecule has 4 aromatic carbocycles. The number of esters is 5. The maximum absolute atomic E-state index is 15.9. The summed E-state index contributed by atoms with van der Waals surface area (Å²) in [6.07, 6.45) is 7.48. The third kappa shape index (κ3) is 17.7. The number of Topliss-reactive ketones (excluding diaryl/α,β-unsaturated/α-hetero) is 1. The van der Waals surface area contributed by atoms with Crippen molar-refractivity contribution in [3.05, 3.63) is 149 Å². The van der Waals surface area contributed by atoms with Crippen LogP contribution in [0, 0.1) is 16.7 Å². The molecule has 8 rings (SSSR count). The number of aliphatic hydroxyl groups is 2. The number of aliphatic carboxylic acids is 1. The first-order valence-electron chi connectivity index (χ1n) is 34.2. The highest BCUT2D eigenvalue weighted by atomic mass is 16.6. The SMILES string of the molecule is CC(=O)O[C@H]1C(=O)[C@@]2(C)[C@H]([C@H](OC(=O)c3ccccc3)[C@]3(O)C[C@H](OC(=O)[C@H](OC(=O)CCC(=O)Nc4ccc(CCCCCCCCCCCCCCCCCCC(=O)[O-])cc4)[C@@H](NC(=O)c4ccccc4)c4ccccc4)C(C)=C1C3(C)C)[C@]1(OC(C)=O)CO[C@@H]1C[C@@H]2O. The molecule has 96 heavy (non-hydrogen) atoms. The van der Waals surface area contributed by atoms with Crippen molar-refractivity contribution < 1.29 is 86.9 Å². The number of carbonyl (C=O) groups excluding carboxylic acids is 9. The molecule has 3 aliphatic carbocycles. The molecule has 0 unspecified atom stereocenters. The number of unbranched alkanes of at least 4 members (excludes halogenated alkanes) is 15. The molecular formula is C76H95N2O18-. The molecule has 20 heteroatoms. The number of rotatable bonds is 34. The van der Waals surface area contributed by atoms with Gasteiger partial charge in [-0.3, -0.25) is 28.8 Å². The van der Waals surface area contributed by atoms with Crippen LogP contribution in [0.2, 0.25) is 0 Å². The van der Waals surface area contributed by atoms with Crippen LogP contribution in [-0.2, 0) is 68.4 Å². The quantitative estimate of drug-likeness (QED) is 0.0146. The predicted octanol–water partition coefficient (Wildman–Crippen LogP) is 10.6. The molecule has 0 spiro atoms. The van der Waals surface area contributed by atoms with Crippen LogP contribution in [-0.4, -0.2) is 118 Å². The van der Waals surface area contributed by atoms with E-state index in [2.05, 4.69) is 10.6 Å². The summed E-state index contributed by atoms with van der Waals surface area (Å²) < 4.78 is 37.2. The van der Waals surface area contributed by atoms with E-state index in [0.717, 1.165) is 51.5 Å². The summed E-state index contributed by atoms with van der Waals surface area (Å²) in [5.41, 5.74) is -6.09. The Morgan fingerprint density at radius 1 is 0.656 bits per heavy atom.